The maximum absolute atomic E-state index is 12.0. The SMILES string of the molecule is CN[C@H]1CCN(Cc2cccc(C=NN)c2)C1=O.COc1ccc2cc(S(=O)(=O)O)ccc2c1.O=C(O)C(F)(F)F. The molecule has 1 fully saturated rings. The molecule has 0 aromatic heterocycles. The van der Waals surface area contributed by atoms with E-state index in [0.717, 1.165) is 34.9 Å². The second kappa shape index (κ2) is 14.4. The lowest BCUT2D eigenvalue weighted by molar-refractivity contribution is -0.192. The summed E-state index contributed by atoms with van der Waals surface area (Å²) >= 11 is 0. The molecule has 0 radical (unpaired) electrons. The Balaban J connectivity index is 0.000000236. The number of methoxy groups -OCH3 is 1. The zero-order chi connectivity index (χ0) is 30.8. The Morgan fingerprint density at radius 2 is 1.80 bits per heavy atom. The number of aliphatic carboxylic acids is 1. The molecule has 0 saturated carbocycles. The van der Waals surface area contributed by atoms with Gasteiger partial charge < -0.3 is 25.9 Å². The third-order valence-electron chi connectivity index (χ3n) is 5.75. The van der Waals surface area contributed by atoms with Crippen molar-refractivity contribution < 1.29 is 45.6 Å². The Morgan fingerprint density at radius 3 is 2.34 bits per heavy atom. The molecule has 5 N–H and O–H groups in total. The highest BCUT2D eigenvalue weighted by atomic mass is 32.2. The molecule has 1 heterocycles. The van der Waals surface area contributed by atoms with Crippen LogP contribution in [0, 0.1) is 0 Å². The second-order valence-electron chi connectivity index (χ2n) is 8.57. The second-order valence-corrected chi connectivity index (χ2v) is 9.99. The van der Waals surface area contributed by atoms with Crippen molar-refractivity contribution in [3.8, 4) is 5.75 Å². The number of likely N-dealkylation sites (N-methyl/N-ethyl adjacent to an activating group) is 1. The lowest BCUT2D eigenvalue weighted by atomic mass is 10.1. The largest absolute Gasteiger partial charge is 0.497 e. The quantitative estimate of drug-likeness (QED) is 0.144. The maximum Gasteiger partial charge on any atom is 0.490 e. The number of carbonyl (C=O) groups excluding carboxylic acids is 1. The molecular formula is C26H29F3N4O7S. The minimum absolute atomic E-state index is 0.0289. The van der Waals surface area contributed by atoms with Gasteiger partial charge in [-0.15, -0.1) is 0 Å². The maximum atomic E-state index is 12.0. The number of carboxylic acid groups (broad SMARTS) is 1. The molecule has 1 atom stereocenters. The number of fused-ring (bicyclic) bond motifs is 1. The number of nitrogens with two attached hydrogens (primary N) is 1. The predicted octanol–water partition coefficient (Wildman–Crippen LogP) is 3.03. The fraction of sp³-hybridized carbons (Fsp3) is 0.269. The average molecular weight is 599 g/mol. The first-order chi connectivity index (χ1) is 19.2. The summed E-state index contributed by atoms with van der Waals surface area (Å²) in [5.41, 5.74) is 2.05. The first kappa shape index (κ1) is 33.0. The summed E-state index contributed by atoms with van der Waals surface area (Å²) in [5.74, 6) is 3.25. The zero-order valence-corrected chi connectivity index (χ0v) is 22.8. The van der Waals surface area contributed by atoms with Crippen molar-refractivity contribution in [1.82, 2.24) is 10.2 Å². The molecule has 4 rings (SSSR count). The number of hydrogen-bond acceptors (Lipinski definition) is 8. The molecule has 1 aliphatic heterocycles. The van der Waals surface area contributed by atoms with Gasteiger partial charge in [-0.25, -0.2) is 4.79 Å². The molecule has 0 unspecified atom stereocenters. The number of nitrogens with one attached hydrogen (secondary N) is 1. The normalized spacial score (nSPS) is 15.2. The van der Waals surface area contributed by atoms with Crippen LogP contribution in [-0.2, 0) is 26.3 Å². The van der Waals surface area contributed by atoms with Crippen molar-refractivity contribution in [3.05, 3.63) is 71.8 Å². The molecule has 1 amide bonds. The van der Waals surface area contributed by atoms with Crippen LogP contribution < -0.4 is 15.9 Å². The Hall–Kier alpha value is -4.21. The number of hydrazone groups is 1. The number of alkyl halides is 3. The first-order valence-electron chi connectivity index (χ1n) is 11.8. The van der Waals surface area contributed by atoms with Crippen LogP contribution in [0.2, 0.25) is 0 Å². The Bertz CT molecular complexity index is 1500. The van der Waals surface area contributed by atoms with Crippen molar-refractivity contribution in [3.63, 3.8) is 0 Å². The van der Waals surface area contributed by atoms with E-state index in [1.165, 1.54) is 12.1 Å². The number of hydrogen-bond donors (Lipinski definition) is 4. The molecule has 1 saturated heterocycles. The van der Waals surface area contributed by atoms with Crippen LogP contribution in [0.5, 0.6) is 5.75 Å². The molecule has 15 heteroatoms. The van der Waals surface area contributed by atoms with Crippen molar-refractivity contribution in [2.75, 3.05) is 20.7 Å². The van der Waals surface area contributed by atoms with Crippen molar-refractivity contribution in [2.45, 2.75) is 30.1 Å². The predicted molar refractivity (Wildman–Crippen MR) is 145 cm³/mol. The fourth-order valence-corrected chi connectivity index (χ4v) is 4.25. The molecule has 11 nitrogen and oxygen atoms in total. The van der Waals surface area contributed by atoms with Gasteiger partial charge in [0.05, 0.1) is 24.3 Å². The van der Waals surface area contributed by atoms with E-state index in [9.17, 15) is 26.4 Å². The van der Waals surface area contributed by atoms with Crippen LogP contribution in [0.3, 0.4) is 0 Å². The van der Waals surface area contributed by atoms with Gasteiger partial charge in [-0.1, -0.05) is 30.3 Å². The summed E-state index contributed by atoms with van der Waals surface area (Å²) < 4.78 is 67.5. The van der Waals surface area contributed by atoms with Crippen molar-refractivity contribution in [2.24, 2.45) is 10.9 Å². The minimum Gasteiger partial charge on any atom is -0.497 e. The minimum atomic E-state index is -5.08. The molecule has 0 bridgehead atoms. The smallest absolute Gasteiger partial charge is 0.490 e. The van der Waals surface area contributed by atoms with E-state index in [1.54, 1.807) is 37.6 Å². The summed E-state index contributed by atoms with van der Waals surface area (Å²) in [7, 11) is -0.754. The highest BCUT2D eigenvalue weighted by Gasteiger charge is 2.38. The van der Waals surface area contributed by atoms with Crippen LogP contribution in [0.25, 0.3) is 10.8 Å². The number of nitrogens with zero attached hydrogens (tertiary/aromatic N) is 2. The van der Waals surface area contributed by atoms with E-state index >= 15 is 0 Å². The van der Waals surface area contributed by atoms with E-state index in [0.29, 0.717) is 12.3 Å². The number of carbonyl (C=O) groups is 2. The van der Waals surface area contributed by atoms with Crippen LogP contribution in [-0.4, -0.2) is 74.0 Å². The van der Waals surface area contributed by atoms with Gasteiger partial charge >= 0.3 is 12.1 Å². The van der Waals surface area contributed by atoms with Crippen molar-refractivity contribution >= 4 is 39.0 Å². The number of carboxylic acids is 1. The molecular weight excluding hydrogens is 569 g/mol. The summed E-state index contributed by atoms with van der Waals surface area (Å²) in [5, 5.41) is 15.2. The fourth-order valence-electron chi connectivity index (χ4n) is 3.73. The van der Waals surface area contributed by atoms with Crippen LogP contribution in [0.1, 0.15) is 17.5 Å². The number of ether oxygens (including phenoxy) is 1. The van der Waals surface area contributed by atoms with Gasteiger partial charge in [-0.05, 0) is 65.7 Å². The first-order valence-corrected chi connectivity index (χ1v) is 13.3. The van der Waals surface area contributed by atoms with Crippen LogP contribution in [0.15, 0.2) is 70.7 Å². The number of rotatable bonds is 6. The van der Waals surface area contributed by atoms with E-state index in [4.69, 9.17) is 25.0 Å². The van der Waals surface area contributed by atoms with Gasteiger partial charge in [-0.3, -0.25) is 9.35 Å². The summed E-state index contributed by atoms with van der Waals surface area (Å²) in [4.78, 5) is 22.6. The molecule has 0 spiro atoms. The number of halogens is 3. The van der Waals surface area contributed by atoms with Gasteiger partial charge in [0, 0.05) is 13.1 Å². The van der Waals surface area contributed by atoms with Crippen LogP contribution >= 0.6 is 0 Å². The standard InChI is InChI=1S/C13H18N4O.C11H10O4S.C2HF3O2/c1-15-12-5-6-17(13(12)18)9-11-4-2-3-10(7-11)8-16-14;1-15-10-4-2-9-7-11(16(12,13)14)5-3-8(9)6-10;3-2(4,5)1(6)7/h2-4,7-8,12,15H,5-6,9,14H2,1H3;2-7H,1H3,(H,12,13,14);(H,6,7)/t12-;;/m0../s1. The van der Waals surface area contributed by atoms with Gasteiger partial charge in [0.25, 0.3) is 10.1 Å². The Kier molecular flexibility index (Phi) is 11.6. The third kappa shape index (κ3) is 10.0. The van der Waals surface area contributed by atoms with Gasteiger partial charge in [0.1, 0.15) is 5.75 Å². The Morgan fingerprint density at radius 1 is 1.17 bits per heavy atom. The zero-order valence-electron chi connectivity index (χ0n) is 22.0. The lowest BCUT2D eigenvalue weighted by Gasteiger charge is -2.16. The molecule has 0 aliphatic carbocycles. The topological polar surface area (TPSA) is 172 Å². The Labute approximate surface area is 234 Å². The van der Waals surface area contributed by atoms with Crippen LogP contribution in [0.4, 0.5) is 13.2 Å². The third-order valence-corrected chi connectivity index (χ3v) is 6.60. The van der Waals surface area contributed by atoms with E-state index in [2.05, 4.69) is 10.4 Å². The molecule has 3 aromatic carbocycles. The van der Waals surface area contributed by atoms with Crippen molar-refractivity contribution in [1.29, 1.82) is 0 Å². The molecule has 41 heavy (non-hydrogen) atoms. The van der Waals surface area contributed by atoms with E-state index in [-0.39, 0.29) is 16.8 Å². The van der Waals surface area contributed by atoms with E-state index < -0.39 is 22.3 Å². The average Bonchev–Trinajstić information content (AvgIpc) is 3.26. The number of likely N-dealkylation sites (tertiary alicyclic amines) is 1. The summed E-state index contributed by atoms with van der Waals surface area (Å²) in [6.07, 6.45) is -2.61. The van der Waals surface area contributed by atoms with Gasteiger partial charge in [0.2, 0.25) is 5.91 Å². The van der Waals surface area contributed by atoms with E-state index in [1.807, 2.05) is 36.2 Å². The van der Waals surface area contributed by atoms with Gasteiger partial charge in [-0.2, -0.15) is 26.7 Å². The molecule has 3 aromatic rings. The monoisotopic (exact) mass is 598 g/mol. The van der Waals surface area contributed by atoms with Gasteiger partial charge in [0.15, 0.2) is 0 Å². The molecule has 222 valence electrons. The highest BCUT2D eigenvalue weighted by Crippen LogP contribution is 2.23. The molecule has 1 aliphatic rings. The number of benzene rings is 3. The lowest BCUT2D eigenvalue weighted by Crippen LogP contribution is -2.35. The summed E-state index contributed by atoms with van der Waals surface area (Å²) in [6, 6.07) is 17.5. The summed E-state index contributed by atoms with van der Waals surface area (Å²) in [6.45, 7) is 1.45. The number of amides is 1. The highest BCUT2D eigenvalue weighted by molar-refractivity contribution is 7.85.